The molecule has 24 heavy (non-hydrogen) atoms. The summed E-state index contributed by atoms with van der Waals surface area (Å²) in [7, 11) is 0. The van der Waals surface area contributed by atoms with Crippen LogP contribution in [-0.4, -0.2) is 42.4 Å². The summed E-state index contributed by atoms with van der Waals surface area (Å²) >= 11 is 0. The van der Waals surface area contributed by atoms with Gasteiger partial charge >= 0.3 is 0 Å². The Hall–Kier alpha value is -2.04. The van der Waals surface area contributed by atoms with Gasteiger partial charge in [0, 0.05) is 24.8 Å². The summed E-state index contributed by atoms with van der Waals surface area (Å²) in [6.07, 6.45) is 5.29. The van der Waals surface area contributed by atoms with E-state index in [0.717, 1.165) is 37.2 Å². The van der Waals surface area contributed by atoms with Crippen molar-refractivity contribution in [2.24, 2.45) is 5.73 Å². The van der Waals surface area contributed by atoms with Gasteiger partial charge in [-0.15, -0.1) is 0 Å². The Morgan fingerprint density at radius 2 is 1.79 bits per heavy atom. The van der Waals surface area contributed by atoms with Gasteiger partial charge in [0.2, 0.25) is 11.8 Å². The molecule has 1 fully saturated rings. The molecule has 2 N–H and O–H groups in total. The fraction of sp³-hybridized carbons (Fsp3) is 0.579. The first kappa shape index (κ1) is 16.8. The van der Waals surface area contributed by atoms with Gasteiger partial charge in [-0.3, -0.25) is 9.59 Å². The zero-order valence-corrected chi connectivity index (χ0v) is 14.4. The Bertz CT molecular complexity index is 608. The third-order valence-electron chi connectivity index (χ3n) is 5.34. The van der Waals surface area contributed by atoms with Crippen LogP contribution in [0.5, 0.6) is 0 Å². The number of rotatable bonds is 3. The predicted octanol–water partition coefficient (Wildman–Crippen LogP) is 2.26. The largest absolute Gasteiger partial charge is 0.369 e. The van der Waals surface area contributed by atoms with Gasteiger partial charge in [0.25, 0.3) is 0 Å². The summed E-state index contributed by atoms with van der Waals surface area (Å²) in [4.78, 5) is 28.7. The third-order valence-corrected chi connectivity index (χ3v) is 5.34. The molecule has 2 aliphatic heterocycles. The number of para-hydroxylation sites is 1. The summed E-state index contributed by atoms with van der Waals surface area (Å²) in [5, 5.41) is 0. The first-order valence-electron chi connectivity index (χ1n) is 9.00. The van der Waals surface area contributed by atoms with E-state index in [9.17, 15) is 9.59 Å². The van der Waals surface area contributed by atoms with E-state index >= 15 is 0 Å². The van der Waals surface area contributed by atoms with E-state index in [1.165, 1.54) is 12.8 Å². The summed E-state index contributed by atoms with van der Waals surface area (Å²) in [5.74, 6) is -0.357. The molecule has 0 bridgehead atoms. The SMILES string of the molecule is C[C@H]1C[C@H](C(N)=O)c2ccccc2N1CC(=O)N1CCCCCC1. The van der Waals surface area contributed by atoms with Crippen LogP contribution >= 0.6 is 0 Å². The Kier molecular flexibility index (Phi) is 5.07. The van der Waals surface area contributed by atoms with Gasteiger partial charge in [-0.25, -0.2) is 0 Å². The maximum absolute atomic E-state index is 12.8. The van der Waals surface area contributed by atoms with Crippen molar-refractivity contribution in [1.29, 1.82) is 0 Å². The Morgan fingerprint density at radius 1 is 1.12 bits per heavy atom. The summed E-state index contributed by atoms with van der Waals surface area (Å²) in [6, 6.07) is 7.96. The zero-order chi connectivity index (χ0) is 17.1. The molecule has 0 radical (unpaired) electrons. The number of amides is 2. The van der Waals surface area contributed by atoms with E-state index in [-0.39, 0.29) is 23.8 Å². The lowest BCUT2D eigenvalue weighted by Gasteiger charge is -2.40. The van der Waals surface area contributed by atoms with Crippen molar-refractivity contribution in [3.05, 3.63) is 29.8 Å². The van der Waals surface area contributed by atoms with Crippen molar-refractivity contribution in [3.63, 3.8) is 0 Å². The number of fused-ring (bicyclic) bond motifs is 1. The van der Waals surface area contributed by atoms with Gasteiger partial charge in [0.15, 0.2) is 0 Å². The van der Waals surface area contributed by atoms with Crippen LogP contribution in [0.1, 0.15) is 50.5 Å². The monoisotopic (exact) mass is 329 g/mol. The molecule has 2 amide bonds. The molecular weight excluding hydrogens is 302 g/mol. The molecule has 5 nitrogen and oxygen atoms in total. The highest BCUT2D eigenvalue weighted by Gasteiger charge is 2.34. The molecule has 1 saturated heterocycles. The second-order valence-corrected chi connectivity index (χ2v) is 7.02. The number of nitrogens with zero attached hydrogens (tertiary/aromatic N) is 2. The minimum absolute atomic E-state index is 0.119. The van der Waals surface area contributed by atoms with Gasteiger partial charge in [-0.1, -0.05) is 31.0 Å². The molecule has 3 rings (SSSR count). The molecule has 0 aromatic heterocycles. The van der Waals surface area contributed by atoms with Crippen LogP contribution in [0, 0.1) is 0 Å². The Morgan fingerprint density at radius 3 is 2.46 bits per heavy atom. The summed E-state index contributed by atoms with van der Waals surface area (Å²) < 4.78 is 0. The minimum atomic E-state index is -0.284. The van der Waals surface area contributed by atoms with Crippen molar-refractivity contribution in [3.8, 4) is 0 Å². The molecule has 2 heterocycles. The number of hydrogen-bond acceptors (Lipinski definition) is 3. The molecule has 0 saturated carbocycles. The summed E-state index contributed by atoms with van der Waals surface area (Å²) in [6.45, 7) is 4.18. The maximum atomic E-state index is 12.8. The topological polar surface area (TPSA) is 66.6 Å². The lowest BCUT2D eigenvalue weighted by Crippen LogP contribution is -2.48. The molecule has 0 spiro atoms. The third kappa shape index (κ3) is 3.40. The first-order valence-corrected chi connectivity index (χ1v) is 9.00. The molecule has 5 heteroatoms. The Labute approximate surface area is 143 Å². The molecule has 2 aliphatic rings. The van der Waals surface area contributed by atoms with Crippen molar-refractivity contribution in [2.45, 2.75) is 51.0 Å². The van der Waals surface area contributed by atoms with Crippen molar-refractivity contribution < 1.29 is 9.59 Å². The highest BCUT2D eigenvalue weighted by atomic mass is 16.2. The van der Waals surface area contributed by atoms with Crippen LogP contribution in [0.4, 0.5) is 5.69 Å². The quantitative estimate of drug-likeness (QED) is 0.925. The average Bonchev–Trinajstić information content (AvgIpc) is 2.86. The van der Waals surface area contributed by atoms with Gasteiger partial charge in [0.05, 0.1) is 12.5 Å². The second-order valence-electron chi connectivity index (χ2n) is 7.02. The van der Waals surface area contributed by atoms with Gasteiger partial charge in [-0.2, -0.15) is 0 Å². The van der Waals surface area contributed by atoms with E-state index in [0.29, 0.717) is 13.0 Å². The standard InChI is InChI=1S/C19H27N3O2/c1-14-12-16(19(20)24)15-8-4-5-9-17(15)22(14)13-18(23)21-10-6-2-3-7-11-21/h4-5,8-9,14,16H,2-3,6-7,10-13H2,1H3,(H2,20,24)/t14-,16-/m0/s1. The number of likely N-dealkylation sites (tertiary alicyclic amines) is 1. The van der Waals surface area contributed by atoms with Crippen LogP contribution in [0.15, 0.2) is 24.3 Å². The van der Waals surface area contributed by atoms with Gasteiger partial charge in [-0.05, 0) is 37.8 Å². The van der Waals surface area contributed by atoms with Crippen molar-refractivity contribution in [2.75, 3.05) is 24.5 Å². The molecular formula is C19H27N3O2. The van der Waals surface area contributed by atoms with Crippen molar-refractivity contribution in [1.82, 2.24) is 4.90 Å². The minimum Gasteiger partial charge on any atom is -0.369 e. The lowest BCUT2D eigenvalue weighted by atomic mass is 9.85. The smallest absolute Gasteiger partial charge is 0.242 e. The predicted molar refractivity (Wildman–Crippen MR) is 94.9 cm³/mol. The highest BCUT2D eigenvalue weighted by molar-refractivity contribution is 5.87. The number of primary amides is 1. The number of nitrogens with two attached hydrogens (primary N) is 1. The van der Waals surface area contributed by atoms with Gasteiger partial charge < -0.3 is 15.5 Å². The van der Waals surface area contributed by atoms with Crippen LogP contribution in [0.25, 0.3) is 0 Å². The fourth-order valence-corrected chi connectivity index (χ4v) is 3.95. The number of carbonyl (C=O) groups is 2. The van der Waals surface area contributed by atoms with E-state index in [1.54, 1.807) is 0 Å². The van der Waals surface area contributed by atoms with Crippen LogP contribution < -0.4 is 10.6 Å². The molecule has 2 atom stereocenters. The van der Waals surface area contributed by atoms with Crippen LogP contribution in [0.3, 0.4) is 0 Å². The number of carbonyl (C=O) groups excluding carboxylic acids is 2. The first-order chi connectivity index (χ1) is 11.6. The van der Waals surface area contributed by atoms with E-state index < -0.39 is 0 Å². The fourth-order valence-electron chi connectivity index (χ4n) is 3.95. The summed E-state index contributed by atoms with van der Waals surface area (Å²) in [5.41, 5.74) is 7.52. The van der Waals surface area contributed by atoms with Crippen LogP contribution in [-0.2, 0) is 9.59 Å². The maximum Gasteiger partial charge on any atom is 0.242 e. The van der Waals surface area contributed by atoms with E-state index in [4.69, 9.17) is 5.73 Å². The highest BCUT2D eigenvalue weighted by Crippen LogP contribution is 2.38. The number of hydrogen-bond donors (Lipinski definition) is 1. The average molecular weight is 329 g/mol. The van der Waals surface area contributed by atoms with Crippen LogP contribution in [0.2, 0.25) is 0 Å². The number of benzene rings is 1. The Balaban J connectivity index is 1.80. The normalized spacial score (nSPS) is 24.2. The molecule has 130 valence electrons. The lowest BCUT2D eigenvalue weighted by molar-refractivity contribution is -0.129. The van der Waals surface area contributed by atoms with E-state index in [2.05, 4.69) is 11.8 Å². The molecule has 1 aromatic carbocycles. The number of anilines is 1. The molecule has 0 unspecified atom stereocenters. The molecule has 0 aliphatic carbocycles. The van der Waals surface area contributed by atoms with Crippen molar-refractivity contribution >= 4 is 17.5 Å². The molecule has 1 aromatic rings. The van der Waals surface area contributed by atoms with Gasteiger partial charge in [0.1, 0.15) is 0 Å². The second kappa shape index (κ2) is 7.24. The van der Waals surface area contributed by atoms with E-state index in [1.807, 2.05) is 29.2 Å². The zero-order valence-electron chi connectivity index (χ0n) is 14.4.